The van der Waals surface area contributed by atoms with Crippen LogP contribution >= 0.6 is 11.6 Å². The third-order valence-corrected chi connectivity index (χ3v) is 3.19. The van der Waals surface area contributed by atoms with E-state index in [0.29, 0.717) is 38.7 Å². The van der Waals surface area contributed by atoms with Crippen LogP contribution in [0.3, 0.4) is 0 Å². The van der Waals surface area contributed by atoms with E-state index in [-0.39, 0.29) is 17.2 Å². The summed E-state index contributed by atoms with van der Waals surface area (Å²) in [6.45, 7) is 6.78. The molecular weight excluding hydrogens is 282 g/mol. The van der Waals surface area contributed by atoms with E-state index in [0.717, 1.165) is 6.42 Å². The van der Waals surface area contributed by atoms with Crippen molar-refractivity contribution in [2.75, 3.05) is 37.7 Å². The summed E-state index contributed by atoms with van der Waals surface area (Å²) in [6.07, 6.45) is 0.871. The molecule has 7 nitrogen and oxygen atoms in total. The first-order chi connectivity index (χ1) is 9.60. The maximum atomic E-state index is 11.3. The lowest BCUT2D eigenvalue weighted by atomic mass is 10.3. The summed E-state index contributed by atoms with van der Waals surface area (Å²) in [5.41, 5.74) is 0. The average Bonchev–Trinajstić information content (AvgIpc) is 2.44. The second kappa shape index (κ2) is 6.69. The smallest absolute Gasteiger partial charge is 0.322 e. The van der Waals surface area contributed by atoms with Crippen LogP contribution in [0, 0.1) is 0 Å². The normalized spacial score (nSPS) is 15.3. The van der Waals surface area contributed by atoms with Gasteiger partial charge in [-0.15, -0.1) is 0 Å². The number of amides is 1. The molecule has 0 bridgehead atoms. The zero-order chi connectivity index (χ0) is 14.5. The van der Waals surface area contributed by atoms with E-state index >= 15 is 0 Å². The molecule has 20 heavy (non-hydrogen) atoms. The molecule has 0 atom stereocenters. The summed E-state index contributed by atoms with van der Waals surface area (Å²) in [7, 11) is 0. The van der Waals surface area contributed by atoms with Gasteiger partial charge in [-0.25, -0.2) is 0 Å². The first-order valence-corrected chi connectivity index (χ1v) is 7.02. The molecule has 0 aliphatic carbocycles. The van der Waals surface area contributed by atoms with Crippen LogP contribution in [0.4, 0.5) is 5.95 Å². The molecule has 0 radical (unpaired) electrons. The number of carbonyl (C=O) groups excluding carboxylic acids is 1. The van der Waals surface area contributed by atoms with Gasteiger partial charge in [0.2, 0.25) is 17.1 Å². The van der Waals surface area contributed by atoms with Crippen LogP contribution in [0.2, 0.25) is 5.28 Å². The summed E-state index contributed by atoms with van der Waals surface area (Å²) >= 11 is 5.89. The highest BCUT2D eigenvalue weighted by Crippen LogP contribution is 2.17. The lowest BCUT2D eigenvalue weighted by molar-refractivity contribution is -0.129. The third kappa shape index (κ3) is 3.69. The number of halogens is 1. The predicted octanol–water partition coefficient (Wildman–Crippen LogP) is 0.982. The van der Waals surface area contributed by atoms with E-state index in [1.807, 2.05) is 11.8 Å². The van der Waals surface area contributed by atoms with Crippen molar-refractivity contribution in [3.05, 3.63) is 5.28 Å². The Bertz CT molecular complexity index is 477. The summed E-state index contributed by atoms with van der Waals surface area (Å²) in [6, 6.07) is 0.246. The Morgan fingerprint density at radius 2 is 1.95 bits per heavy atom. The Hall–Kier alpha value is -1.63. The molecule has 1 aromatic rings. The first-order valence-electron chi connectivity index (χ1n) is 6.65. The number of hydrogen-bond acceptors (Lipinski definition) is 6. The molecule has 2 heterocycles. The first kappa shape index (κ1) is 14.8. The van der Waals surface area contributed by atoms with Crippen LogP contribution in [0.25, 0.3) is 0 Å². The summed E-state index contributed by atoms with van der Waals surface area (Å²) in [5, 5.41) is 0.120. The molecule has 110 valence electrons. The van der Waals surface area contributed by atoms with Crippen LogP contribution < -0.4 is 9.64 Å². The molecule has 0 unspecified atom stereocenters. The monoisotopic (exact) mass is 299 g/mol. The highest BCUT2D eigenvalue weighted by molar-refractivity contribution is 6.28. The minimum atomic E-state index is 0.0882. The zero-order valence-corrected chi connectivity index (χ0v) is 12.4. The highest BCUT2D eigenvalue weighted by atomic mass is 35.5. The van der Waals surface area contributed by atoms with Crippen molar-refractivity contribution in [1.82, 2.24) is 19.9 Å². The van der Waals surface area contributed by atoms with Crippen molar-refractivity contribution in [3.63, 3.8) is 0 Å². The maximum Gasteiger partial charge on any atom is 0.322 e. The molecule has 0 N–H and O–H groups in total. The summed E-state index contributed by atoms with van der Waals surface area (Å²) in [4.78, 5) is 27.4. The van der Waals surface area contributed by atoms with Crippen molar-refractivity contribution in [3.8, 4) is 6.01 Å². The van der Waals surface area contributed by atoms with Gasteiger partial charge in [-0.05, 0) is 18.0 Å². The SMILES string of the molecule is CCCOc1nc(Cl)nc(N2CCN(C(C)=O)CC2)n1. The fraction of sp³-hybridized carbons (Fsp3) is 0.667. The Morgan fingerprint density at radius 1 is 1.25 bits per heavy atom. The van der Waals surface area contributed by atoms with E-state index < -0.39 is 0 Å². The fourth-order valence-corrected chi connectivity index (χ4v) is 2.09. The van der Waals surface area contributed by atoms with Crippen molar-refractivity contribution < 1.29 is 9.53 Å². The second-order valence-electron chi connectivity index (χ2n) is 4.53. The van der Waals surface area contributed by atoms with E-state index in [2.05, 4.69) is 15.0 Å². The Labute approximate surface area is 122 Å². The minimum absolute atomic E-state index is 0.0882. The van der Waals surface area contributed by atoms with Crippen molar-refractivity contribution in [2.45, 2.75) is 20.3 Å². The molecule has 0 saturated carbocycles. The highest BCUT2D eigenvalue weighted by Gasteiger charge is 2.21. The molecule has 1 aliphatic heterocycles. The van der Waals surface area contributed by atoms with E-state index in [1.165, 1.54) is 0 Å². The molecule has 1 amide bonds. The van der Waals surface area contributed by atoms with E-state index in [4.69, 9.17) is 16.3 Å². The maximum absolute atomic E-state index is 11.3. The van der Waals surface area contributed by atoms with E-state index in [1.54, 1.807) is 11.8 Å². The van der Waals surface area contributed by atoms with Crippen molar-refractivity contribution in [1.29, 1.82) is 0 Å². The van der Waals surface area contributed by atoms with Gasteiger partial charge < -0.3 is 14.5 Å². The van der Waals surface area contributed by atoms with Gasteiger partial charge in [0.05, 0.1) is 6.61 Å². The summed E-state index contributed by atoms with van der Waals surface area (Å²) in [5.74, 6) is 0.588. The number of anilines is 1. The van der Waals surface area contributed by atoms with Gasteiger partial charge in [0, 0.05) is 33.1 Å². The van der Waals surface area contributed by atoms with Crippen LogP contribution in [0.15, 0.2) is 0 Å². The van der Waals surface area contributed by atoms with Crippen LogP contribution in [0.5, 0.6) is 6.01 Å². The lowest BCUT2D eigenvalue weighted by Crippen LogP contribution is -2.48. The van der Waals surface area contributed by atoms with Gasteiger partial charge >= 0.3 is 6.01 Å². The largest absolute Gasteiger partial charge is 0.463 e. The zero-order valence-electron chi connectivity index (χ0n) is 11.7. The lowest BCUT2D eigenvalue weighted by Gasteiger charge is -2.34. The molecular formula is C12H18ClN5O2. The van der Waals surface area contributed by atoms with Gasteiger partial charge in [0.15, 0.2) is 0 Å². The third-order valence-electron chi connectivity index (χ3n) is 3.02. The van der Waals surface area contributed by atoms with Gasteiger partial charge in [-0.2, -0.15) is 15.0 Å². The number of hydrogen-bond donors (Lipinski definition) is 0. The molecule has 0 aromatic carbocycles. The molecule has 2 rings (SSSR count). The molecule has 0 spiro atoms. The van der Waals surface area contributed by atoms with Crippen LogP contribution in [-0.2, 0) is 4.79 Å². The number of rotatable bonds is 4. The Kier molecular flexibility index (Phi) is 4.94. The second-order valence-corrected chi connectivity index (χ2v) is 4.87. The molecule has 1 aliphatic rings. The fourth-order valence-electron chi connectivity index (χ4n) is 1.94. The number of nitrogens with zero attached hydrogens (tertiary/aromatic N) is 5. The topological polar surface area (TPSA) is 71.5 Å². The Balaban J connectivity index is 2.05. The van der Waals surface area contributed by atoms with Gasteiger partial charge in [0.25, 0.3) is 0 Å². The molecule has 1 saturated heterocycles. The van der Waals surface area contributed by atoms with Crippen LogP contribution in [-0.4, -0.2) is 58.5 Å². The predicted molar refractivity (Wildman–Crippen MR) is 75.1 cm³/mol. The summed E-state index contributed by atoms with van der Waals surface area (Å²) < 4.78 is 5.39. The van der Waals surface area contributed by atoms with E-state index in [9.17, 15) is 4.79 Å². The average molecular weight is 300 g/mol. The quantitative estimate of drug-likeness (QED) is 0.825. The van der Waals surface area contributed by atoms with Crippen LogP contribution in [0.1, 0.15) is 20.3 Å². The van der Waals surface area contributed by atoms with Gasteiger partial charge in [-0.3, -0.25) is 4.79 Å². The van der Waals surface area contributed by atoms with Gasteiger partial charge in [-0.1, -0.05) is 6.92 Å². The number of aromatic nitrogens is 3. The number of ether oxygens (including phenoxy) is 1. The number of carbonyl (C=O) groups is 1. The standard InChI is InChI=1S/C12H18ClN5O2/c1-3-8-20-12-15-10(13)14-11(16-12)18-6-4-17(5-7-18)9(2)19/h3-8H2,1-2H3. The number of piperazine rings is 1. The Morgan fingerprint density at radius 3 is 2.55 bits per heavy atom. The molecule has 1 fully saturated rings. The molecule has 1 aromatic heterocycles. The van der Waals surface area contributed by atoms with Gasteiger partial charge in [0.1, 0.15) is 0 Å². The minimum Gasteiger partial charge on any atom is -0.463 e. The van der Waals surface area contributed by atoms with Crippen molar-refractivity contribution >= 4 is 23.5 Å². The van der Waals surface area contributed by atoms with Crippen molar-refractivity contribution in [2.24, 2.45) is 0 Å². The molecule has 8 heteroatoms.